The van der Waals surface area contributed by atoms with Gasteiger partial charge in [0, 0.05) is 6.04 Å². The molecule has 3 heteroatoms. The summed E-state index contributed by atoms with van der Waals surface area (Å²) in [4.78, 5) is 0. The van der Waals surface area contributed by atoms with Crippen LogP contribution in [0, 0.1) is 5.92 Å². The molecule has 0 radical (unpaired) electrons. The highest BCUT2D eigenvalue weighted by molar-refractivity contribution is 5.29. The number of hydrogen-bond donors (Lipinski definition) is 2. The van der Waals surface area contributed by atoms with E-state index in [2.05, 4.69) is 42.6 Å². The Morgan fingerprint density at radius 1 is 1.00 bits per heavy atom. The lowest BCUT2D eigenvalue weighted by atomic mass is 9.99. The van der Waals surface area contributed by atoms with E-state index in [-0.39, 0.29) is 6.04 Å². The highest BCUT2D eigenvalue weighted by Crippen LogP contribution is 2.20. The summed E-state index contributed by atoms with van der Waals surface area (Å²) in [5.74, 6) is 1.37. The summed E-state index contributed by atoms with van der Waals surface area (Å²) < 4.78 is 5.15. The second-order valence-corrected chi connectivity index (χ2v) is 6.54. The Hall–Kier alpha value is -1.84. The van der Waals surface area contributed by atoms with Crippen molar-refractivity contribution in [1.29, 1.82) is 0 Å². The van der Waals surface area contributed by atoms with E-state index < -0.39 is 6.10 Å². The van der Waals surface area contributed by atoms with Gasteiger partial charge in [0.25, 0.3) is 0 Å². The van der Waals surface area contributed by atoms with Crippen LogP contribution < -0.4 is 10.1 Å². The van der Waals surface area contributed by atoms with Gasteiger partial charge >= 0.3 is 0 Å². The first-order valence-electron chi connectivity index (χ1n) is 8.69. The molecule has 0 spiro atoms. The van der Waals surface area contributed by atoms with Crippen molar-refractivity contribution in [3.05, 3.63) is 65.7 Å². The van der Waals surface area contributed by atoms with E-state index in [1.165, 1.54) is 5.56 Å². The van der Waals surface area contributed by atoms with Gasteiger partial charge in [-0.3, -0.25) is 0 Å². The van der Waals surface area contributed by atoms with Gasteiger partial charge in [0.2, 0.25) is 0 Å². The molecule has 0 aromatic heterocycles. The van der Waals surface area contributed by atoms with Crippen LogP contribution in [0.2, 0.25) is 0 Å². The average molecular weight is 327 g/mol. The van der Waals surface area contributed by atoms with Crippen molar-refractivity contribution in [3.63, 3.8) is 0 Å². The topological polar surface area (TPSA) is 41.5 Å². The first-order chi connectivity index (χ1) is 11.6. The molecule has 0 saturated heterocycles. The van der Waals surface area contributed by atoms with Gasteiger partial charge in [-0.05, 0) is 55.5 Å². The monoisotopic (exact) mass is 327 g/mol. The van der Waals surface area contributed by atoms with E-state index in [0.29, 0.717) is 5.92 Å². The van der Waals surface area contributed by atoms with Gasteiger partial charge in [0.15, 0.2) is 0 Å². The molecule has 0 bridgehead atoms. The number of ether oxygens (including phenoxy) is 1. The normalized spacial score (nSPS) is 14.8. The van der Waals surface area contributed by atoms with Crippen molar-refractivity contribution in [2.24, 2.45) is 5.92 Å². The summed E-state index contributed by atoms with van der Waals surface area (Å²) in [6, 6.07) is 18.2. The van der Waals surface area contributed by atoms with Gasteiger partial charge in [-0.25, -0.2) is 0 Å². The van der Waals surface area contributed by atoms with Gasteiger partial charge in [-0.15, -0.1) is 0 Å². The van der Waals surface area contributed by atoms with Crippen LogP contribution in [-0.4, -0.2) is 24.8 Å². The lowest BCUT2D eigenvalue weighted by Crippen LogP contribution is -2.35. The van der Waals surface area contributed by atoms with Crippen LogP contribution in [0.1, 0.15) is 37.5 Å². The minimum absolute atomic E-state index is 0.0116. The number of benzene rings is 2. The van der Waals surface area contributed by atoms with Crippen molar-refractivity contribution >= 4 is 0 Å². The Morgan fingerprint density at radius 3 is 2.29 bits per heavy atom. The number of aliphatic hydroxyl groups is 1. The average Bonchev–Trinajstić information content (AvgIpc) is 2.64. The minimum atomic E-state index is -0.516. The predicted octanol–water partition coefficient (Wildman–Crippen LogP) is 3.98. The Labute approximate surface area is 145 Å². The molecule has 24 heavy (non-hydrogen) atoms. The van der Waals surface area contributed by atoms with E-state index in [1.54, 1.807) is 7.11 Å². The number of aryl methyl sites for hydroxylation is 1. The van der Waals surface area contributed by atoms with E-state index in [9.17, 15) is 5.11 Å². The number of rotatable bonds is 9. The Kier molecular flexibility index (Phi) is 7.29. The molecule has 2 aromatic carbocycles. The van der Waals surface area contributed by atoms with E-state index in [4.69, 9.17) is 4.74 Å². The maximum Gasteiger partial charge on any atom is 0.118 e. The van der Waals surface area contributed by atoms with E-state index in [0.717, 1.165) is 30.7 Å². The molecular formula is C21H29NO2. The number of methoxy groups -OCH3 is 1. The van der Waals surface area contributed by atoms with Gasteiger partial charge in [-0.2, -0.15) is 0 Å². The fourth-order valence-corrected chi connectivity index (χ4v) is 2.75. The Morgan fingerprint density at radius 2 is 1.67 bits per heavy atom. The third-order valence-corrected chi connectivity index (χ3v) is 4.49. The van der Waals surface area contributed by atoms with Crippen molar-refractivity contribution in [2.45, 2.75) is 38.8 Å². The smallest absolute Gasteiger partial charge is 0.118 e. The van der Waals surface area contributed by atoms with Crippen molar-refractivity contribution in [2.75, 3.05) is 13.7 Å². The second kappa shape index (κ2) is 9.45. The summed E-state index contributed by atoms with van der Waals surface area (Å²) in [6.45, 7) is 5.18. The number of hydrogen-bond acceptors (Lipinski definition) is 3. The molecule has 0 aliphatic heterocycles. The summed E-state index contributed by atoms with van der Waals surface area (Å²) in [7, 11) is 1.65. The van der Waals surface area contributed by atoms with Crippen molar-refractivity contribution < 1.29 is 9.84 Å². The molecule has 2 rings (SSSR count). The maximum atomic E-state index is 10.5. The van der Waals surface area contributed by atoms with Crippen LogP contribution in [0.5, 0.6) is 5.75 Å². The molecule has 130 valence electrons. The fourth-order valence-electron chi connectivity index (χ4n) is 2.75. The zero-order valence-corrected chi connectivity index (χ0v) is 14.9. The molecule has 3 nitrogen and oxygen atoms in total. The second-order valence-electron chi connectivity index (χ2n) is 6.54. The zero-order chi connectivity index (χ0) is 17.4. The molecule has 2 N–H and O–H groups in total. The minimum Gasteiger partial charge on any atom is -0.497 e. The molecule has 0 heterocycles. The zero-order valence-electron chi connectivity index (χ0n) is 14.9. The Bertz CT molecular complexity index is 583. The van der Waals surface area contributed by atoms with E-state index in [1.807, 2.05) is 31.2 Å². The fraction of sp³-hybridized carbons (Fsp3) is 0.429. The van der Waals surface area contributed by atoms with Gasteiger partial charge in [0.1, 0.15) is 5.75 Å². The first-order valence-corrected chi connectivity index (χ1v) is 8.69. The third-order valence-electron chi connectivity index (χ3n) is 4.49. The molecule has 0 amide bonds. The van der Waals surface area contributed by atoms with Crippen LogP contribution in [0.25, 0.3) is 0 Å². The van der Waals surface area contributed by atoms with Crippen LogP contribution in [0.4, 0.5) is 0 Å². The van der Waals surface area contributed by atoms with Crippen LogP contribution in [0.15, 0.2) is 54.6 Å². The molecule has 2 aromatic rings. The SMILES string of the molecule is COc1ccc([C@H](O)[C@@H](C)NC[C@H](C)CCc2ccccc2)cc1. The van der Waals surface area contributed by atoms with Crippen LogP contribution in [0.3, 0.4) is 0 Å². The van der Waals surface area contributed by atoms with Crippen LogP contribution >= 0.6 is 0 Å². The van der Waals surface area contributed by atoms with Gasteiger partial charge in [-0.1, -0.05) is 49.4 Å². The molecule has 0 saturated carbocycles. The summed E-state index contributed by atoms with van der Waals surface area (Å²) in [6.07, 6.45) is 1.72. The summed E-state index contributed by atoms with van der Waals surface area (Å²) in [5.41, 5.74) is 2.29. The van der Waals surface area contributed by atoms with Gasteiger partial charge < -0.3 is 15.2 Å². The van der Waals surface area contributed by atoms with Crippen molar-refractivity contribution in [1.82, 2.24) is 5.32 Å². The van der Waals surface area contributed by atoms with Crippen molar-refractivity contribution in [3.8, 4) is 5.75 Å². The molecule has 0 aliphatic rings. The first kappa shape index (κ1) is 18.5. The van der Waals surface area contributed by atoms with Gasteiger partial charge in [0.05, 0.1) is 13.2 Å². The highest BCUT2D eigenvalue weighted by Gasteiger charge is 2.16. The highest BCUT2D eigenvalue weighted by atomic mass is 16.5. The quantitative estimate of drug-likeness (QED) is 0.732. The largest absolute Gasteiger partial charge is 0.497 e. The lowest BCUT2D eigenvalue weighted by Gasteiger charge is -2.23. The maximum absolute atomic E-state index is 10.5. The molecule has 0 aliphatic carbocycles. The predicted molar refractivity (Wildman–Crippen MR) is 99.3 cm³/mol. The standard InChI is InChI=1S/C21H29NO2/c1-16(9-10-18-7-5-4-6-8-18)15-22-17(2)21(23)19-11-13-20(24-3)14-12-19/h4-8,11-14,16-17,21-23H,9-10,15H2,1-3H3/t16-,17-,21-/m1/s1. The number of nitrogens with one attached hydrogen (secondary N) is 1. The summed E-state index contributed by atoms with van der Waals surface area (Å²) in [5, 5.41) is 13.9. The Balaban J connectivity index is 1.75. The van der Waals surface area contributed by atoms with E-state index >= 15 is 0 Å². The molecule has 0 fully saturated rings. The number of aliphatic hydroxyl groups excluding tert-OH is 1. The summed E-state index contributed by atoms with van der Waals surface area (Å²) >= 11 is 0. The third kappa shape index (κ3) is 5.66. The molecular weight excluding hydrogens is 298 g/mol. The molecule has 0 unspecified atom stereocenters. The lowest BCUT2D eigenvalue weighted by molar-refractivity contribution is 0.133. The van der Waals surface area contributed by atoms with Crippen LogP contribution in [-0.2, 0) is 6.42 Å². The molecule has 3 atom stereocenters.